The van der Waals surface area contributed by atoms with Gasteiger partial charge in [-0.3, -0.25) is 4.79 Å². The molecule has 3 heteroatoms. The summed E-state index contributed by atoms with van der Waals surface area (Å²) >= 11 is 0. The molecule has 3 nitrogen and oxygen atoms in total. The maximum absolute atomic E-state index is 12.1. The Hall–Kier alpha value is -1.51. The third kappa shape index (κ3) is 1.38. The molecule has 0 saturated heterocycles. The molecule has 0 heterocycles. The Bertz CT molecular complexity index is 491. The Morgan fingerprint density at radius 3 is 2.82 bits per heavy atom. The molecular formula is C14H16O3. The second-order valence-electron chi connectivity index (χ2n) is 4.78. The van der Waals surface area contributed by atoms with E-state index in [0.29, 0.717) is 23.8 Å². The second-order valence-corrected chi connectivity index (χ2v) is 4.78. The lowest BCUT2D eigenvalue weighted by molar-refractivity contribution is 0.0985. The summed E-state index contributed by atoms with van der Waals surface area (Å²) in [5, 5.41) is 0. The van der Waals surface area contributed by atoms with E-state index in [1.807, 2.05) is 6.07 Å². The zero-order valence-corrected chi connectivity index (χ0v) is 10.2. The Morgan fingerprint density at radius 1 is 1.29 bits per heavy atom. The molecule has 0 radical (unpaired) electrons. The SMILES string of the molecule is COc1cc2c3c(c1OC)C(=O)CC3CCC2. The van der Waals surface area contributed by atoms with Gasteiger partial charge in [0.1, 0.15) is 0 Å². The van der Waals surface area contributed by atoms with Crippen molar-refractivity contribution < 1.29 is 14.3 Å². The molecule has 17 heavy (non-hydrogen) atoms. The molecule has 0 aromatic heterocycles. The first-order chi connectivity index (χ1) is 8.26. The lowest BCUT2D eigenvalue weighted by Crippen LogP contribution is -2.08. The number of Topliss-reactive ketones (excluding diaryl/α,β-unsaturated/α-hetero) is 1. The molecule has 1 aromatic rings. The quantitative estimate of drug-likeness (QED) is 0.786. The molecule has 1 aromatic carbocycles. The average molecular weight is 232 g/mol. The topological polar surface area (TPSA) is 35.5 Å². The first-order valence-corrected chi connectivity index (χ1v) is 6.07. The molecule has 1 unspecified atom stereocenters. The highest BCUT2D eigenvalue weighted by molar-refractivity contribution is 6.05. The highest BCUT2D eigenvalue weighted by Crippen LogP contribution is 2.49. The van der Waals surface area contributed by atoms with Crippen molar-refractivity contribution in [2.45, 2.75) is 31.6 Å². The van der Waals surface area contributed by atoms with Crippen LogP contribution in [0.2, 0.25) is 0 Å². The number of carbonyl (C=O) groups is 1. The third-order valence-electron chi connectivity index (χ3n) is 3.91. The molecule has 0 saturated carbocycles. The van der Waals surface area contributed by atoms with E-state index in [1.54, 1.807) is 14.2 Å². The number of rotatable bonds is 2. The van der Waals surface area contributed by atoms with Gasteiger partial charge in [-0.05, 0) is 42.4 Å². The van der Waals surface area contributed by atoms with Gasteiger partial charge < -0.3 is 9.47 Å². The summed E-state index contributed by atoms with van der Waals surface area (Å²) in [4.78, 5) is 12.1. The van der Waals surface area contributed by atoms with E-state index in [4.69, 9.17) is 9.47 Å². The number of ketones is 1. The maximum atomic E-state index is 12.1. The van der Waals surface area contributed by atoms with Crippen LogP contribution in [0.15, 0.2) is 6.07 Å². The van der Waals surface area contributed by atoms with Crippen LogP contribution in [0.1, 0.15) is 46.7 Å². The molecule has 90 valence electrons. The van der Waals surface area contributed by atoms with Crippen LogP contribution in [-0.4, -0.2) is 20.0 Å². The zero-order valence-electron chi connectivity index (χ0n) is 10.2. The Labute approximate surface area is 101 Å². The summed E-state index contributed by atoms with van der Waals surface area (Å²) in [6, 6.07) is 2.04. The van der Waals surface area contributed by atoms with Crippen molar-refractivity contribution in [3.8, 4) is 11.5 Å². The minimum Gasteiger partial charge on any atom is -0.493 e. The number of benzene rings is 1. The smallest absolute Gasteiger partial charge is 0.171 e. The molecular weight excluding hydrogens is 216 g/mol. The fourth-order valence-electron chi connectivity index (χ4n) is 3.23. The minimum absolute atomic E-state index is 0.212. The van der Waals surface area contributed by atoms with Crippen molar-refractivity contribution in [2.24, 2.45) is 0 Å². The van der Waals surface area contributed by atoms with Crippen LogP contribution in [0.25, 0.3) is 0 Å². The van der Waals surface area contributed by atoms with Gasteiger partial charge in [0.25, 0.3) is 0 Å². The molecule has 2 aliphatic carbocycles. The van der Waals surface area contributed by atoms with Gasteiger partial charge in [-0.25, -0.2) is 0 Å². The molecule has 1 atom stereocenters. The lowest BCUT2D eigenvalue weighted by Gasteiger charge is -2.23. The maximum Gasteiger partial charge on any atom is 0.171 e. The Balaban J connectivity index is 2.29. The Morgan fingerprint density at radius 2 is 2.12 bits per heavy atom. The van der Waals surface area contributed by atoms with Crippen molar-refractivity contribution >= 4 is 5.78 Å². The van der Waals surface area contributed by atoms with Gasteiger partial charge in [-0.15, -0.1) is 0 Å². The summed E-state index contributed by atoms with van der Waals surface area (Å²) in [5.74, 6) is 1.95. The predicted octanol–water partition coefficient (Wildman–Crippen LogP) is 2.71. The fourth-order valence-corrected chi connectivity index (χ4v) is 3.23. The van der Waals surface area contributed by atoms with E-state index < -0.39 is 0 Å². The standard InChI is InChI=1S/C14H16O3/c1-16-11-7-9-5-3-4-8-6-10(15)13(12(8)9)14(11)17-2/h7-8H,3-6H2,1-2H3. The minimum atomic E-state index is 0.212. The van der Waals surface area contributed by atoms with Gasteiger partial charge in [0.15, 0.2) is 17.3 Å². The number of methoxy groups -OCH3 is 2. The fraction of sp³-hybridized carbons (Fsp3) is 0.500. The summed E-state index contributed by atoms with van der Waals surface area (Å²) in [7, 11) is 3.22. The number of hydrogen-bond acceptors (Lipinski definition) is 3. The molecule has 0 aliphatic heterocycles. The van der Waals surface area contributed by atoms with Gasteiger partial charge in [0, 0.05) is 6.42 Å². The van der Waals surface area contributed by atoms with Crippen LogP contribution in [0.5, 0.6) is 11.5 Å². The molecule has 2 aliphatic rings. The van der Waals surface area contributed by atoms with Crippen molar-refractivity contribution in [2.75, 3.05) is 14.2 Å². The number of carbonyl (C=O) groups excluding carboxylic acids is 1. The van der Waals surface area contributed by atoms with Crippen LogP contribution in [-0.2, 0) is 6.42 Å². The Kier molecular flexibility index (Phi) is 2.35. The van der Waals surface area contributed by atoms with Crippen molar-refractivity contribution in [3.63, 3.8) is 0 Å². The van der Waals surface area contributed by atoms with E-state index in [9.17, 15) is 4.79 Å². The van der Waals surface area contributed by atoms with Crippen molar-refractivity contribution in [3.05, 3.63) is 22.8 Å². The van der Waals surface area contributed by atoms with E-state index in [-0.39, 0.29) is 5.78 Å². The number of aryl methyl sites for hydroxylation is 1. The molecule has 0 fully saturated rings. The van der Waals surface area contributed by atoms with E-state index in [1.165, 1.54) is 17.5 Å². The first-order valence-electron chi connectivity index (χ1n) is 6.07. The summed E-state index contributed by atoms with van der Waals surface area (Å²) in [6.45, 7) is 0. The van der Waals surface area contributed by atoms with Crippen molar-refractivity contribution in [1.29, 1.82) is 0 Å². The van der Waals surface area contributed by atoms with Gasteiger partial charge in [0.05, 0.1) is 19.8 Å². The van der Waals surface area contributed by atoms with E-state index >= 15 is 0 Å². The zero-order chi connectivity index (χ0) is 12.0. The predicted molar refractivity (Wildman–Crippen MR) is 64.2 cm³/mol. The highest BCUT2D eigenvalue weighted by Gasteiger charge is 2.37. The first kappa shape index (κ1) is 10.6. The van der Waals surface area contributed by atoms with E-state index in [0.717, 1.165) is 18.4 Å². The summed E-state index contributed by atoms with van der Waals surface area (Å²) < 4.78 is 10.7. The molecule has 0 spiro atoms. The van der Waals surface area contributed by atoms with Crippen LogP contribution in [0.3, 0.4) is 0 Å². The van der Waals surface area contributed by atoms with Crippen molar-refractivity contribution in [1.82, 2.24) is 0 Å². The second kappa shape index (κ2) is 3.76. The monoisotopic (exact) mass is 232 g/mol. The van der Waals surface area contributed by atoms with Crippen LogP contribution in [0.4, 0.5) is 0 Å². The van der Waals surface area contributed by atoms with Gasteiger partial charge in [-0.1, -0.05) is 0 Å². The van der Waals surface area contributed by atoms with Gasteiger partial charge in [-0.2, -0.15) is 0 Å². The molecule has 3 rings (SSSR count). The highest BCUT2D eigenvalue weighted by atomic mass is 16.5. The molecule has 0 amide bonds. The average Bonchev–Trinajstić information content (AvgIpc) is 2.68. The summed E-state index contributed by atoms with van der Waals surface area (Å²) in [6.07, 6.45) is 3.99. The largest absolute Gasteiger partial charge is 0.493 e. The molecule has 0 N–H and O–H groups in total. The van der Waals surface area contributed by atoms with Crippen LogP contribution >= 0.6 is 0 Å². The van der Waals surface area contributed by atoms with Gasteiger partial charge >= 0.3 is 0 Å². The third-order valence-corrected chi connectivity index (χ3v) is 3.91. The van der Waals surface area contributed by atoms with Crippen LogP contribution < -0.4 is 9.47 Å². The number of hydrogen-bond donors (Lipinski definition) is 0. The number of ether oxygens (including phenoxy) is 2. The molecule has 0 bridgehead atoms. The van der Waals surface area contributed by atoms with Crippen LogP contribution in [0, 0.1) is 0 Å². The normalized spacial score (nSPS) is 21.3. The lowest BCUT2D eigenvalue weighted by atomic mass is 9.84. The van der Waals surface area contributed by atoms with E-state index in [2.05, 4.69) is 0 Å². The summed E-state index contributed by atoms with van der Waals surface area (Å²) in [5.41, 5.74) is 3.30. The van der Waals surface area contributed by atoms with Gasteiger partial charge in [0.2, 0.25) is 0 Å².